The van der Waals surface area contributed by atoms with Gasteiger partial charge in [0.1, 0.15) is 5.76 Å². The monoisotopic (exact) mass is 337 g/mol. The summed E-state index contributed by atoms with van der Waals surface area (Å²) in [7, 11) is 1.37. The third-order valence-electron chi connectivity index (χ3n) is 3.10. The van der Waals surface area contributed by atoms with Gasteiger partial charge in [0.15, 0.2) is 11.5 Å². The molecule has 7 heteroatoms. The molecule has 0 unspecified atom stereocenters. The van der Waals surface area contributed by atoms with Crippen LogP contribution in [0.15, 0.2) is 47.1 Å². The van der Waals surface area contributed by atoms with E-state index in [2.05, 4.69) is 10.1 Å². The van der Waals surface area contributed by atoms with Crippen molar-refractivity contribution in [1.82, 2.24) is 5.32 Å². The number of methoxy groups -OCH3 is 1. The normalized spacial score (nSPS) is 11.0. The fourth-order valence-corrected chi connectivity index (χ4v) is 2.00. The Balaban J connectivity index is 1.86. The zero-order valence-corrected chi connectivity index (χ0v) is 13.0. The van der Waals surface area contributed by atoms with Crippen LogP contribution in [0.2, 0.25) is 0 Å². The van der Waals surface area contributed by atoms with Crippen LogP contribution in [0.1, 0.15) is 11.3 Å². The average Bonchev–Trinajstić information content (AvgIpc) is 3.06. The molecule has 1 heterocycles. The average molecular weight is 337 g/mol. The van der Waals surface area contributed by atoms with Crippen molar-refractivity contribution in [3.05, 3.63) is 54.0 Å². The summed E-state index contributed by atoms with van der Waals surface area (Å²) in [5, 5.41) is 2.69. The van der Waals surface area contributed by atoms with E-state index >= 15 is 0 Å². The molecular formula is C17H17F2NO4. The highest BCUT2D eigenvalue weighted by molar-refractivity contribution is 5.91. The molecule has 2 aromatic rings. The summed E-state index contributed by atoms with van der Waals surface area (Å²) in [6, 6.07) is 8.19. The van der Waals surface area contributed by atoms with Crippen LogP contribution in [-0.4, -0.2) is 26.2 Å². The Morgan fingerprint density at radius 1 is 1.33 bits per heavy atom. The summed E-state index contributed by atoms with van der Waals surface area (Å²) in [6.07, 6.45) is 4.89. The van der Waals surface area contributed by atoms with Gasteiger partial charge in [0.25, 0.3) is 0 Å². The molecule has 0 fully saturated rings. The summed E-state index contributed by atoms with van der Waals surface area (Å²) < 4.78 is 39.2. The highest BCUT2D eigenvalue weighted by atomic mass is 19.3. The van der Waals surface area contributed by atoms with Gasteiger partial charge < -0.3 is 19.2 Å². The number of hydrogen-bond donors (Lipinski definition) is 1. The fourth-order valence-electron chi connectivity index (χ4n) is 2.00. The molecule has 2 rings (SSSR count). The standard InChI is InChI=1S/C17H17F2NO4/c1-22-14-6-4-12(11-15(14)24-17(18)19)8-9-20-16(21)7-5-13-3-2-10-23-13/h2-7,10-11,17H,8-9H2,1H3,(H,20,21)/b7-5+. The number of rotatable bonds is 8. The van der Waals surface area contributed by atoms with E-state index in [9.17, 15) is 13.6 Å². The molecule has 128 valence electrons. The molecule has 0 saturated carbocycles. The lowest BCUT2D eigenvalue weighted by Gasteiger charge is -2.11. The lowest BCUT2D eigenvalue weighted by molar-refractivity contribution is -0.116. The highest BCUT2D eigenvalue weighted by Gasteiger charge is 2.11. The fraction of sp³-hybridized carbons (Fsp3) is 0.235. The maximum atomic E-state index is 12.4. The van der Waals surface area contributed by atoms with Crippen LogP contribution in [0.5, 0.6) is 11.5 Å². The van der Waals surface area contributed by atoms with Gasteiger partial charge in [0.05, 0.1) is 13.4 Å². The largest absolute Gasteiger partial charge is 0.493 e. The van der Waals surface area contributed by atoms with Crippen molar-refractivity contribution in [3.63, 3.8) is 0 Å². The van der Waals surface area contributed by atoms with E-state index in [4.69, 9.17) is 9.15 Å². The van der Waals surface area contributed by atoms with Crippen LogP contribution in [0, 0.1) is 0 Å². The van der Waals surface area contributed by atoms with E-state index in [1.165, 1.54) is 25.5 Å². The zero-order chi connectivity index (χ0) is 17.4. The maximum Gasteiger partial charge on any atom is 0.387 e. The van der Waals surface area contributed by atoms with Crippen LogP contribution in [0.25, 0.3) is 6.08 Å². The summed E-state index contributed by atoms with van der Waals surface area (Å²) in [4.78, 5) is 11.7. The van der Waals surface area contributed by atoms with Gasteiger partial charge in [-0.25, -0.2) is 0 Å². The van der Waals surface area contributed by atoms with Gasteiger partial charge in [-0.15, -0.1) is 0 Å². The number of hydrogen-bond acceptors (Lipinski definition) is 4. The SMILES string of the molecule is COc1ccc(CCNC(=O)/C=C/c2ccco2)cc1OC(F)F. The van der Waals surface area contributed by atoms with E-state index in [0.717, 1.165) is 5.56 Å². The summed E-state index contributed by atoms with van der Waals surface area (Å²) in [6.45, 7) is -2.58. The van der Waals surface area contributed by atoms with Gasteiger partial charge in [-0.2, -0.15) is 8.78 Å². The Labute approximate surface area is 137 Å². The van der Waals surface area contributed by atoms with Gasteiger partial charge in [-0.3, -0.25) is 4.79 Å². The Bertz CT molecular complexity index is 684. The summed E-state index contributed by atoms with van der Waals surface area (Å²) in [5.74, 6) is 0.497. The molecule has 0 atom stereocenters. The molecule has 1 amide bonds. The van der Waals surface area contributed by atoms with Gasteiger partial charge >= 0.3 is 6.61 Å². The van der Waals surface area contributed by atoms with Crippen molar-refractivity contribution in [2.24, 2.45) is 0 Å². The first-order valence-corrected chi connectivity index (χ1v) is 7.19. The minimum atomic E-state index is -2.93. The Morgan fingerprint density at radius 2 is 2.17 bits per heavy atom. The molecule has 0 saturated heterocycles. The van der Waals surface area contributed by atoms with Gasteiger partial charge in [-0.05, 0) is 42.3 Å². The number of benzene rings is 1. The second-order valence-electron chi connectivity index (χ2n) is 4.75. The molecule has 0 spiro atoms. The van der Waals surface area contributed by atoms with Crippen LogP contribution in [0.3, 0.4) is 0 Å². The smallest absolute Gasteiger partial charge is 0.387 e. The molecule has 1 N–H and O–H groups in total. The van der Waals surface area contributed by atoms with Gasteiger partial charge in [0.2, 0.25) is 5.91 Å². The van der Waals surface area contributed by atoms with Crippen molar-refractivity contribution in [3.8, 4) is 11.5 Å². The van der Waals surface area contributed by atoms with Crippen LogP contribution < -0.4 is 14.8 Å². The summed E-state index contributed by atoms with van der Waals surface area (Å²) in [5.41, 5.74) is 0.738. The highest BCUT2D eigenvalue weighted by Crippen LogP contribution is 2.29. The Morgan fingerprint density at radius 3 is 2.83 bits per heavy atom. The molecule has 24 heavy (non-hydrogen) atoms. The summed E-state index contributed by atoms with van der Waals surface area (Å²) >= 11 is 0. The number of ether oxygens (including phenoxy) is 2. The predicted molar refractivity (Wildman–Crippen MR) is 84.1 cm³/mol. The second kappa shape index (κ2) is 8.71. The first-order chi connectivity index (χ1) is 11.6. The van der Waals surface area contributed by atoms with Crippen molar-refractivity contribution < 1.29 is 27.5 Å². The molecular weight excluding hydrogens is 320 g/mol. The number of amides is 1. The molecule has 5 nitrogen and oxygen atoms in total. The van der Waals surface area contributed by atoms with Crippen LogP contribution in [0.4, 0.5) is 8.78 Å². The van der Waals surface area contributed by atoms with E-state index in [1.807, 2.05) is 0 Å². The van der Waals surface area contributed by atoms with E-state index in [0.29, 0.717) is 18.7 Å². The zero-order valence-electron chi connectivity index (χ0n) is 13.0. The molecule has 1 aromatic carbocycles. The van der Waals surface area contributed by atoms with E-state index < -0.39 is 6.61 Å². The Hall–Kier alpha value is -2.83. The molecule has 1 aromatic heterocycles. The Kier molecular flexibility index (Phi) is 6.36. The lowest BCUT2D eigenvalue weighted by atomic mass is 10.1. The van der Waals surface area contributed by atoms with Crippen molar-refractivity contribution in [2.45, 2.75) is 13.0 Å². The minimum Gasteiger partial charge on any atom is -0.493 e. The van der Waals surface area contributed by atoms with Crippen LogP contribution in [-0.2, 0) is 11.2 Å². The van der Waals surface area contributed by atoms with Crippen molar-refractivity contribution in [1.29, 1.82) is 0 Å². The molecule has 0 bridgehead atoms. The third kappa shape index (κ3) is 5.42. The molecule has 0 aliphatic heterocycles. The van der Waals surface area contributed by atoms with E-state index in [1.54, 1.807) is 30.3 Å². The quantitative estimate of drug-likeness (QED) is 0.751. The predicted octanol–water partition coefficient (Wildman–Crippen LogP) is 3.26. The van der Waals surface area contributed by atoms with Crippen molar-refractivity contribution in [2.75, 3.05) is 13.7 Å². The number of carbonyl (C=O) groups is 1. The van der Waals surface area contributed by atoms with Crippen molar-refractivity contribution >= 4 is 12.0 Å². The number of alkyl halides is 2. The first-order valence-electron chi connectivity index (χ1n) is 7.19. The first kappa shape index (κ1) is 17.5. The molecule has 0 radical (unpaired) electrons. The molecule has 0 aliphatic carbocycles. The number of carbonyl (C=O) groups excluding carboxylic acids is 1. The third-order valence-corrected chi connectivity index (χ3v) is 3.10. The van der Waals surface area contributed by atoms with Gasteiger partial charge in [0, 0.05) is 12.6 Å². The maximum absolute atomic E-state index is 12.4. The number of nitrogens with one attached hydrogen (secondary N) is 1. The second-order valence-corrected chi connectivity index (χ2v) is 4.75. The van der Waals surface area contributed by atoms with Gasteiger partial charge in [-0.1, -0.05) is 6.07 Å². The topological polar surface area (TPSA) is 60.7 Å². The van der Waals surface area contributed by atoms with Crippen LogP contribution >= 0.6 is 0 Å². The lowest BCUT2D eigenvalue weighted by Crippen LogP contribution is -2.23. The number of furan rings is 1. The van der Waals surface area contributed by atoms with E-state index in [-0.39, 0.29) is 17.4 Å². The minimum absolute atomic E-state index is 0.0333. The number of halogens is 2. The molecule has 0 aliphatic rings.